The summed E-state index contributed by atoms with van der Waals surface area (Å²) in [4.78, 5) is 43.6. The number of aromatic nitrogens is 2. The van der Waals surface area contributed by atoms with E-state index in [0.29, 0.717) is 91.4 Å². The highest BCUT2D eigenvalue weighted by molar-refractivity contribution is 5.96. The zero-order valence-corrected chi connectivity index (χ0v) is 38.3. The number of fused-ring (bicyclic) bond motifs is 1. The number of nitrogens with zero attached hydrogens (tertiary/aromatic N) is 6. The highest BCUT2D eigenvalue weighted by Gasteiger charge is 2.45. The summed E-state index contributed by atoms with van der Waals surface area (Å²) in [5.74, 6) is 1.20. The fourth-order valence-corrected chi connectivity index (χ4v) is 10.3. The zero-order valence-electron chi connectivity index (χ0n) is 38.3. The summed E-state index contributed by atoms with van der Waals surface area (Å²) in [5.41, 5.74) is 10.2. The Balaban J connectivity index is 0.759. The van der Waals surface area contributed by atoms with E-state index in [-0.39, 0.29) is 17.6 Å². The molecule has 5 aliphatic heterocycles. The second kappa shape index (κ2) is 21.8. The van der Waals surface area contributed by atoms with Gasteiger partial charge in [-0.15, -0.1) is 0 Å². The van der Waals surface area contributed by atoms with Crippen LogP contribution in [0.1, 0.15) is 111 Å². The van der Waals surface area contributed by atoms with Crippen LogP contribution in [0.3, 0.4) is 0 Å². The minimum absolute atomic E-state index is 0.0892. The maximum Gasteiger partial charge on any atom is 0.271 e. The summed E-state index contributed by atoms with van der Waals surface area (Å²) in [6.45, 7) is 8.95. The molecule has 2 aromatic carbocycles. The number of nitrogens with one attached hydrogen (secondary N) is 4. The molecule has 5 atom stereocenters. The molecule has 4 saturated heterocycles. The Bertz CT molecular complexity index is 2130. The molecule has 0 saturated carbocycles. The molecule has 1 aromatic heterocycles. The van der Waals surface area contributed by atoms with Gasteiger partial charge in [0.05, 0.1) is 24.5 Å². The normalized spacial score (nSPS) is 24.5. The average molecular weight is 916 g/mol. The van der Waals surface area contributed by atoms with Crippen molar-refractivity contribution in [2.75, 3.05) is 87.0 Å². The number of aliphatic hydroxyl groups excluding tert-OH is 4. The van der Waals surface area contributed by atoms with E-state index in [1.54, 1.807) is 13.2 Å². The Kier molecular flexibility index (Phi) is 15.8. The molecular weight excluding hydrogens is 847 g/mol. The lowest BCUT2D eigenvalue weighted by molar-refractivity contribution is -0.158. The molecule has 19 nitrogen and oxygen atoms in total. The molecule has 360 valence electrons. The monoisotopic (exact) mass is 916 g/mol. The number of primary amides is 1. The van der Waals surface area contributed by atoms with Gasteiger partial charge in [-0.2, -0.15) is 0 Å². The van der Waals surface area contributed by atoms with Crippen LogP contribution in [0.2, 0.25) is 0 Å². The van der Waals surface area contributed by atoms with Crippen LogP contribution >= 0.6 is 0 Å². The number of carbonyl (C=O) groups excluding carboxylic acids is 2. The summed E-state index contributed by atoms with van der Waals surface area (Å²) in [7, 11) is 1.66. The fraction of sp³-hybridized carbons (Fsp3) is 0.617. The number of hydrogen-bond donors (Lipinski definition) is 9. The maximum absolute atomic E-state index is 13.2. The van der Waals surface area contributed by atoms with E-state index >= 15 is 0 Å². The van der Waals surface area contributed by atoms with Crippen LogP contribution in [-0.2, 0) is 16.0 Å². The third-order valence-corrected chi connectivity index (χ3v) is 14.0. The van der Waals surface area contributed by atoms with E-state index in [1.165, 1.54) is 4.90 Å². The zero-order chi connectivity index (χ0) is 46.3. The molecule has 2 amide bonds. The smallest absolute Gasteiger partial charge is 0.271 e. The van der Waals surface area contributed by atoms with Crippen LogP contribution in [0.15, 0.2) is 36.4 Å². The first-order chi connectivity index (χ1) is 32.0. The molecular formula is C47H69N11O8. The van der Waals surface area contributed by atoms with Gasteiger partial charge in [-0.25, -0.2) is 14.9 Å². The van der Waals surface area contributed by atoms with Crippen molar-refractivity contribution in [1.82, 2.24) is 30.0 Å². The van der Waals surface area contributed by atoms with Crippen molar-refractivity contribution in [3.63, 3.8) is 0 Å². The first-order valence-corrected chi connectivity index (χ1v) is 23.9. The van der Waals surface area contributed by atoms with Gasteiger partial charge in [0, 0.05) is 106 Å². The van der Waals surface area contributed by atoms with E-state index < -0.39 is 36.9 Å². The van der Waals surface area contributed by atoms with Gasteiger partial charge < -0.3 is 61.4 Å². The Labute approximate surface area is 387 Å². The van der Waals surface area contributed by atoms with Gasteiger partial charge in [0.2, 0.25) is 5.91 Å². The Morgan fingerprint density at radius 3 is 2.38 bits per heavy atom. The summed E-state index contributed by atoms with van der Waals surface area (Å²) >= 11 is 0. The van der Waals surface area contributed by atoms with Crippen molar-refractivity contribution in [2.45, 2.75) is 121 Å². The number of hydrogen-bond acceptors (Lipinski definition) is 17. The van der Waals surface area contributed by atoms with Crippen LogP contribution < -0.4 is 36.6 Å². The van der Waals surface area contributed by atoms with Gasteiger partial charge in [0.1, 0.15) is 30.7 Å². The largest absolute Gasteiger partial charge is 0.495 e. The van der Waals surface area contributed by atoms with E-state index in [9.17, 15) is 30.0 Å². The van der Waals surface area contributed by atoms with Crippen molar-refractivity contribution in [3.8, 4) is 5.75 Å². The molecule has 5 aliphatic rings. The molecule has 8 rings (SSSR count). The summed E-state index contributed by atoms with van der Waals surface area (Å²) < 4.78 is 11.4. The molecule has 19 heteroatoms. The van der Waals surface area contributed by atoms with Crippen LogP contribution in [0.4, 0.5) is 28.7 Å². The minimum Gasteiger partial charge on any atom is -0.495 e. The number of carbonyl (C=O) groups is 2. The Morgan fingerprint density at radius 2 is 1.67 bits per heavy atom. The topological polar surface area (TPSA) is 246 Å². The number of amides is 2. The van der Waals surface area contributed by atoms with Crippen molar-refractivity contribution in [1.29, 1.82) is 0 Å². The van der Waals surface area contributed by atoms with Crippen LogP contribution in [0.5, 0.6) is 5.75 Å². The molecule has 0 radical (unpaired) electrons. The highest BCUT2D eigenvalue weighted by atomic mass is 16.5. The maximum atomic E-state index is 13.2. The lowest BCUT2D eigenvalue weighted by atomic mass is 10.0. The molecule has 4 fully saturated rings. The molecule has 0 aliphatic carbocycles. The molecule has 6 heterocycles. The average Bonchev–Trinajstić information content (AvgIpc) is 3.59. The standard InChI is InChI=1S/C47H69N11O8/c1-3-33-43(50-29-17-26-66-27-18-29)54-44(41(52-33)42(48)61)51-30-11-12-35(37(28-30)65-2)56-20-15-31(16-21-56)55-22-24-57(25-23-55)39(60)10-5-4-6-19-49-34-9-7-8-32-40(34)47(64)58(46(32)63)36-13-14-38(59)53-45(36)62/h7-9,11-12,28-29,31,36,38,45-47,49,53,59,62-64H,3-6,10,13-27H2,1-2H3,(H2,48,61)(H2,50,51,54). The van der Waals surface area contributed by atoms with Gasteiger partial charge in [0.15, 0.2) is 17.3 Å². The van der Waals surface area contributed by atoms with E-state index in [4.69, 9.17) is 20.2 Å². The quantitative estimate of drug-likeness (QED) is 0.0884. The number of unbranched alkanes of at least 4 members (excludes halogenated alkanes) is 2. The number of benzene rings is 2. The highest BCUT2D eigenvalue weighted by Crippen LogP contribution is 2.46. The molecule has 5 unspecified atom stereocenters. The van der Waals surface area contributed by atoms with Gasteiger partial charge in [-0.3, -0.25) is 19.8 Å². The Hall–Kier alpha value is -4.86. The van der Waals surface area contributed by atoms with Gasteiger partial charge in [0.25, 0.3) is 5.91 Å². The predicted molar refractivity (Wildman–Crippen MR) is 250 cm³/mol. The van der Waals surface area contributed by atoms with Crippen molar-refractivity contribution < 1.29 is 39.5 Å². The third-order valence-electron chi connectivity index (χ3n) is 14.0. The van der Waals surface area contributed by atoms with E-state index in [2.05, 4.69) is 36.1 Å². The van der Waals surface area contributed by atoms with Gasteiger partial charge >= 0.3 is 0 Å². The van der Waals surface area contributed by atoms with Crippen molar-refractivity contribution >= 4 is 40.5 Å². The number of aryl methyl sites for hydroxylation is 1. The fourth-order valence-electron chi connectivity index (χ4n) is 10.3. The molecule has 10 N–H and O–H groups in total. The second-order valence-electron chi connectivity index (χ2n) is 18.1. The molecule has 0 bridgehead atoms. The van der Waals surface area contributed by atoms with Crippen LogP contribution in [0.25, 0.3) is 0 Å². The molecule has 66 heavy (non-hydrogen) atoms. The number of aliphatic hydroxyl groups is 4. The molecule has 3 aromatic rings. The number of piperazine rings is 1. The van der Waals surface area contributed by atoms with Crippen LogP contribution in [0, 0.1) is 0 Å². The second-order valence-corrected chi connectivity index (χ2v) is 18.1. The van der Waals surface area contributed by atoms with Gasteiger partial charge in [-0.05, 0) is 76.0 Å². The first kappa shape index (κ1) is 47.6. The predicted octanol–water partition coefficient (Wildman–Crippen LogP) is 2.95. The Morgan fingerprint density at radius 1 is 0.894 bits per heavy atom. The van der Waals surface area contributed by atoms with Crippen molar-refractivity contribution in [3.05, 3.63) is 58.9 Å². The summed E-state index contributed by atoms with van der Waals surface area (Å²) in [5, 5.41) is 55.7. The minimum atomic E-state index is -1.11. The molecule has 0 spiro atoms. The number of nitrogens with two attached hydrogens (primary N) is 1. The number of piperidine rings is 2. The number of rotatable bonds is 17. The van der Waals surface area contributed by atoms with Gasteiger partial charge in [-0.1, -0.05) is 25.5 Å². The number of methoxy groups -OCH3 is 1. The lowest BCUT2D eigenvalue weighted by Gasteiger charge is -2.43. The third kappa shape index (κ3) is 10.8. The summed E-state index contributed by atoms with van der Waals surface area (Å²) in [6.07, 6.45) is 4.12. The number of ether oxygens (including phenoxy) is 2. The summed E-state index contributed by atoms with van der Waals surface area (Å²) in [6, 6.07) is 11.5. The number of anilines is 5. The van der Waals surface area contributed by atoms with E-state index in [0.717, 1.165) is 95.6 Å². The first-order valence-electron chi connectivity index (χ1n) is 23.9. The SMILES string of the molecule is CCc1nc(C(N)=O)c(Nc2ccc(N3CCC(N4CCN(C(=O)CCCCCNc5cccc6c5C(O)N(C5CCC(O)NC5O)C6O)CC4)CC3)c(OC)c2)nc1NC1CCOCC1. The van der Waals surface area contributed by atoms with Crippen LogP contribution in [-0.4, -0.2) is 154 Å². The lowest BCUT2D eigenvalue weighted by Crippen LogP contribution is -2.57. The van der Waals surface area contributed by atoms with Crippen molar-refractivity contribution in [2.24, 2.45) is 5.73 Å². The van der Waals surface area contributed by atoms with E-state index in [1.807, 2.05) is 42.2 Å².